The number of aromatic nitrogens is 2. The number of likely N-dealkylation sites (tertiary alicyclic amines) is 1. The predicted molar refractivity (Wildman–Crippen MR) is 82.2 cm³/mol. The van der Waals surface area contributed by atoms with Crippen LogP contribution in [-0.4, -0.2) is 33.7 Å². The molecule has 20 heavy (non-hydrogen) atoms. The largest absolute Gasteiger partial charge is 0.329 e. The van der Waals surface area contributed by atoms with E-state index in [9.17, 15) is 4.79 Å². The molecule has 2 aromatic rings. The number of nitrogens with zero attached hydrogens (tertiary/aromatic N) is 3. The number of fused-ring (bicyclic) bond motifs is 1. The highest BCUT2D eigenvalue weighted by Gasteiger charge is 2.13. The van der Waals surface area contributed by atoms with E-state index in [-0.39, 0.29) is 5.69 Å². The van der Waals surface area contributed by atoms with Gasteiger partial charge in [-0.05, 0) is 58.0 Å². The summed E-state index contributed by atoms with van der Waals surface area (Å²) in [4.78, 5) is 15.0. The maximum atomic E-state index is 12.5. The topological polar surface area (TPSA) is 30.2 Å². The second-order valence-electron chi connectivity index (χ2n) is 5.57. The molecule has 4 heteroatoms. The highest BCUT2D eigenvalue weighted by molar-refractivity contribution is 5.75. The van der Waals surface area contributed by atoms with Gasteiger partial charge in [-0.3, -0.25) is 9.13 Å². The van der Waals surface area contributed by atoms with E-state index in [1.807, 2.05) is 34.3 Å². The van der Waals surface area contributed by atoms with E-state index in [2.05, 4.69) is 11.0 Å². The van der Waals surface area contributed by atoms with Crippen LogP contribution in [0.5, 0.6) is 0 Å². The summed E-state index contributed by atoms with van der Waals surface area (Å²) in [5.41, 5.74) is 2.26. The van der Waals surface area contributed by atoms with Gasteiger partial charge >= 0.3 is 5.69 Å². The standard InChI is InChI=1S/C16H23N3O/c1-2-18-14-8-3-4-9-15(14)19(16(18)20)13-7-12-17-10-5-6-11-17/h3-4,8-9H,2,5-7,10-13H2,1H3. The van der Waals surface area contributed by atoms with Gasteiger partial charge in [0.05, 0.1) is 11.0 Å². The fourth-order valence-corrected chi connectivity index (χ4v) is 3.25. The molecular weight excluding hydrogens is 250 g/mol. The zero-order valence-electron chi connectivity index (χ0n) is 12.2. The normalized spacial score (nSPS) is 16.2. The van der Waals surface area contributed by atoms with Gasteiger partial charge < -0.3 is 4.90 Å². The molecule has 2 heterocycles. The summed E-state index contributed by atoms with van der Waals surface area (Å²) < 4.78 is 3.81. The van der Waals surface area contributed by atoms with Gasteiger partial charge in [-0.25, -0.2) is 4.79 Å². The average molecular weight is 273 g/mol. The summed E-state index contributed by atoms with van der Waals surface area (Å²) >= 11 is 0. The molecule has 1 fully saturated rings. The minimum absolute atomic E-state index is 0.134. The summed E-state index contributed by atoms with van der Waals surface area (Å²) in [6, 6.07) is 8.11. The Hall–Kier alpha value is -1.55. The lowest BCUT2D eigenvalue weighted by Gasteiger charge is -2.14. The minimum Gasteiger partial charge on any atom is -0.303 e. The highest BCUT2D eigenvalue weighted by Crippen LogP contribution is 2.14. The van der Waals surface area contributed by atoms with Crippen LogP contribution in [0.1, 0.15) is 26.2 Å². The monoisotopic (exact) mass is 273 g/mol. The smallest absolute Gasteiger partial charge is 0.303 e. The van der Waals surface area contributed by atoms with Crippen LogP contribution in [0.2, 0.25) is 0 Å². The molecule has 1 saturated heterocycles. The van der Waals surface area contributed by atoms with E-state index < -0.39 is 0 Å². The van der Waals surface area contributed by atoms with E-state index in [4.69, 9.17) is 0 Å². The lowest BCUT2D eigenvalue weighted by atomic mass is 10.3. The third-order valence-corrected chi connectivity index (χ3v) is 4.30. The molecular formula is C16H23N3O. The Kier molecular flexibility index (Phi) is 3.92. The van der Waals surface area contributed by atoms with Crippen molar-refractivity contribution in [2.45, 2.75) is 39.3 Å². The van der Waals surface area contributed by atoms with Gasteiger partial charge in [0.25, 0.3) is 0 Å². The molecule has 3 rings (SSSR count). The molecule has 0 spiro atoms. The number of imidazole rings is 1. The molecule has 108 valence electrons. The molecule has 4 nitrogen and oxygen atoms in total. The molecule has 1 aliphatic heterocycles. The summed E-state index contributed by atoms with van der Waals surface area (Å²) in [6.07, 6.45) is 3.71. The Bertz CT molecular complexity index is 635. The highest BCUT2D eigenvalue weighted by atomic mass is 16.1. The lowest BCUT2D eigenvalue weighted by Crippen LogP contribution is -2.26. The third kappa shape index (κ3) is 2.40. The zero-order valence-corrected chi connectivity index (χ0v) is 12.2. The van der Waals surface area contributed by atoms with Gasteiger partial charge in [-0.15, -0.1) is 0 Å². The Morgan fingerprint density at radius 1 is 1.00 bits per heavy atom. The molecule has 0 atom stereocenters. The van der Waals surface area contributed by atoms with Gasteiger partial charge in [0.15, 0.2) is 0 Å². The van der Waals surface area contributed by atoms with Crippen LogP contribution in [0, 0.1) is 0 Å². The van der Waals surface area contributed by atoms with Crippen LogP contribution in [0.15, 0.2) is 29.1 Å². The fraction of sp³-hybridized carbons (Fsp3) is 0.562. The van der Waals surface area contributed by atoms with Gasteiger partial charge in [-0.2, -0.15) is 0 Å². The first kappa shape index (κ1) is 13.4. The number of hydrogen-bond donors (Lipinski definition) is 0. The first-order chi connectivity index (χ1) is 9.81. The summed E-state index contributed by atoms with van der Waals surface area (Å²) in [7, 11) is 0. The number of benzene rings is 1. The Balaban J connectivity index is 1.80. The molecule has 0 unspecified atom stereocenters. The first-order valence-corrected chi connectivity index (χ1v) is 7.71. The maximum absolute atomic E-state index is 12.5. The van der Waals surface area contributed by atoms with Crippen LogP contribution >= 0.6 is 0 Å². The number of rotatable bonds is 5. The van der Waals surface area contributed by atoms with Crippen molar-refractivity contribution in [3.05, 3.63) is 34.7 Å². The van der Waals surface area contributed by atoms with E-state index in [1.165, 1.54) is 25.9 Å². The van der Waals surface area contributed by atoms with Crippen molar-refractivity contribution in [3.63, 3.8) is 0 Å². The molecule has 0 aliphatic carbocycles. The molecule has 0 radical (unpaired) electrons. The molecule has 0 amide bonds. The van der Waals surface area contributed by atoms with E-state index in [0.29, 0.717) is 0 Å². The Morgan fingerprint density at radius 2 is 1.65 bits per heavy atom. The van der Waals surface area contributed by atoms with Gasteiger partial charge in [0.2, 0.25) is 0 Å². The SMILES string of the molecule is CCn1c(=O)n(CCCN2CCCC2)c2ccccc21. The minimum atomic E-state index is 0.134. The average Bonchev–Trinajstić information content (AvgIpc) is 3.06. The number of hydrogen-bond acceptors (Lipinski definition) is 2. The molecule has 0 saturated carbocycles. The first-order valence-electron chi connectivity index (χ1n) is 7.71. The van der Waals surface area contributed by atoms with Crippen LogP contribution in [0.25, 0.3) is 11.0 Å². The molecule has 0 N–H and O–H groups in total. The molecule has 1 aromatic heterocycles. The van der Waals surface area contributed by atoms with Crippen LogP contribution in [0.4, 0.5) is 0 Å². The number of para-hydroxylation sites is 2. The Labute approximate surface area is 119 Å². The zero-order chi connectivity index (χ0) is 13.9. The van der Waals surface area contributed by atoms with Gasteiger partial charge in [-0.1, -0.05) is 12.1 Å². The third-order valence-electron chi connectivity index (χ3n) is 4.30. The summed E-state index contributed by atoms with van der Waals surface area (Å²) in [5.74, 6) is 0. The maximum Gasteiger partial charge on any atom is 0.329 e. The molecule has 1 aromatic carbocycles. The van der Waals surface area contributed by atoms with Crippen LogP contribution < -0.4 is 5.69 Å². The molecule has 0 bridgehead atoms. The van der Waals surface area contributed by atoms with Crippen molar-refractivity contribution in [2.75, 3.05) is 19.6 Å². The second-order valence-corrected chi connectivity index (χ2v) is 5.57. The quantitative estimate of drug-likeness (QED) is 0.837. The van der Waals surface area contributed by atoms with Crippen LogP contribution in [-0.2, 0) is 13.1 Å². The van der Waals surface area contributed by atoms with Crippen molar-refractivity contribution in [1.82, 2.24) is 14.0 Å². The van der Waals surface area contributed by atoms with Crippen molar-refractivity contribution in [1.29, 1.82) is 0 Å². The second kappa shape index (κ2) is 5.83. The van der Waals surface area contributed by atoms with E-state index >= 15 is 0 Å². The number of aryl methyl sites for hydroxylation is 2. The van der Waals surface area contributed by atoms with Gasteiger partial charge in [0, 0.05) is 13.1 Å². The van der Waals surface area contributed by atoms with Crippen molar-refractivity contribution in [2.24, 2.45) is 0 Å². The van der Waals surface area contributed by atoms with E-state index in [1.54, 1.807) is 0 Å². The van der Waals surface area contributed by atoms with Crippen molar-refractivity contribution >= 4 is 11.0 Å². The van der Waals surface area contributed by atoms with Crippen molar-refractivity contribution in [3.8, 4) is 0 Å². The Morgan fingerprint density at radius 3 is 2.30 bits per heavy atom. The summed E-state index contributed by atoms with van der Waals surface area (Å²) in [6.45, 7) is 7.15. The predicted octanol–water partition coefficient (Wildman–Crippen LogP) is 2.31. The van der Waals surface area contributed by atoms with Crippen molar-refractivity contribution < 1.29 is 0 Å². The lowest BCUT2D eigenvalue weighted by molar-refractivity contribution is 0.325. The van der Waals surface area contributed by atoms with E-state index in [0.717, 1.165) is 37.1 Å². The molecule has 1 aliphatic rings. The van der Waals surface area contributed by atoms with Crippen LogP contribution in [0.3, 0.4) is 0 Å². The summed E-state index contributed by atoms with van der Waals surface area (Å²) in [5, 5.41) is 0. The fourth-order valence-electron chi connectivity index (χ4n) is 3.25. The van der Waals surface area contributed by atoms with Gasteiger partial charge in [0.1, 0.15) is 0 Å².